The Hall–Kier alpha value is -3.46. The maximum atomic E-state index is 12.4. The van der Waals surface area contributed by atoms with Gasteiger partial charge in [-0.05, 0) is 36.8 Å². The van der Waals surface area contributed by atoms with Gasteiger partial charge >= 0.3 is 0 Å². The van der Waals surface area contributed by atoms with Gasteiger partial charge < -0.3 is 15.2 Å². The van der Waals surface area contributed by atoms with Crippen molar-refractivity contribution >= 4 is 27.3 Å². The highest BCUT2D eigenvalue weighted by molar-refractivity contribution is 7.91. The Morgan fingerprint density at radius 1 is 1.03 bits per heavy atom. The number of benzene rings is 2. The number of aromatic nitrogens is 2. The minimum absolute atomic E-state index is 0.0513. The second kappa shape index (κ2) is 10.5. The third-order valence-electron chi connectivity index (χ3n) is 4.54. The summed E-state index contributed by atoms with van der Waals surface area (Å²) in [6.45, 7) is 0.740. The lowest BCUT2D eigenvalue weighted by molar-refractivity contribution is -0.116. The summed E-state index contributed by atoms with van der Waals surface area (Å²) in [5.74, 6) is -0.548. The van der Waals surface area contributed by atoms with Crippen molar-refractivity contribution in [1.82, 2.24) is 14.9 Å². The summed E-state index contributed by atoms with van der Waals surface area (Å²) in [4.78, 5) is 28.7. The van der Waals surface area contributed by atoms with Gasteiger partial charge in [0.1, 0.15) is 0 Å². The van der Waals surface area contributed by atoms with E-state index in [0.29, 0.717) is 24.2 Å². The van der Waals surface area contributed by atoms with Gasteiger partial charge in [0.25, 0.3) is 5.91 Å². The van der Waals surface area contributed by atoms with Crippen LogP contribution in [0.2, 0.25) is 0 Å². The third-order valence-corrected chi connectivity index (χ3v) is 6.36. The fourth-order valence-electron chi connectivity index (χ4n) is 2.92. The van der Waals surface area contributed by atoms with Crippen LogP contribution in [-0.4, -0.2) is 42.1 Å². The molecule has 0 aliphatic carbocycles. The SMILES string of the molecule is O=C(CCn1ccnc1)Nc1cccc(C(=O)NCCCS(=O)(=O)c2ccccc2)c1. The smallest absolute Gasteiger partial charge is 0.251 e. The number of carbonyl (C=O) groups is 2. The summed E-state index contributed by atoms with van der Waals surface area (Å²) in [6, 6.07) is 14.8. The van der Waals surface area contributed by atoms with Gasteiger partial charge in [0, 0.05) is 43.2 Å². The van der Waals surface area contributed by atoms with Crippen molar-refractivity contribution in [1.29, 1.82) is 0 Å². The van der Waals surface area contributed by atoms with Gasteiger partial charge in [-0.25, -0.2) is 13.4 Å². The quantitative estimate of drug-likeness (QED) is 0.471. The molecule has 0 atom stereocenters. The highest BCUT2D eigenvalue weighted by Crippen LogP contribution is 2.12. The number of nitrogens with one attached hydrogen (secondary N) is 2. The van der Waals surface area contributed by atoms with Crippen LogP contribution in [0.15, 0.2) is 78.2 Å². The predicted molar refractivity (Wildman–Crippen MR) is 117 cm³/mol. The van der Waals surface area contributed by atoms with Crippen molar-refractivity contribution in [3.8, 4) is 0 Å². The number of carbonyl (C=O) groups excluding carboxylic acids is 2. The van der Waals surface area contributed by atoms with Crippen LogP contribution in [0.3, 0.4) is 0 Å². The zero-order valence-corrected chi connectivity index (χ0v) is 17.7. The Morgan fingerprint density at radius 2 is 1.84 bits per heavy atom. The van der Waals surface area contributed by atoms with E-state index in [1.54, 1.807) is 77.9 Å². The predicted octanol–water partition coefficient (Wildman–Crippen LogP) is 2.51. The first-order valence-electron chi connectivity index (χ1n) is 9.86. The van der Waals surface area contributed by atoms with E-state index in [2.05, 4.69) is 15.6 Å². The van der Waals surface area contributed by atoms with Crippen LogP contribution >= 0.6 is 0 Å². The number of hydrogen-bond donors (Lipinski definition) is 2. The summed E-state index contributed by atoms with van der Waals surface area (Å²) in [6.07, 6.45) is 5.65. The maximum absolute atomic E-state index is 12.4. The highest BCUT2D eigenvalue weighted by Gasteiger charge is 2.14. The largest absolute Gasteiger partial charge is 0.352 e. The fourth-order valence-corrected chi connectivity index (χ4v) is 4.26. The van der Waals surface area contributed by atoms with Gasteiger partial charge in [-0.2, -0.15) is 0 Å². The Bertz CT molecular complexity index is 1110. The number of rotatable bonds is 10. The molecule has 162 valence electrons. The minimum atomic E-state index is -3.37. The summed E-state index contributed by atoms with van der Waals surface area (Å²) in [5, 5.41) is 5.49. The van der Waals surface area contributed by atoms with Crippen molar-refractivity contribution in [2.75, 3.05) is 17.6 Å². The number of sulfone groups is 1. The number of amides is 2. The van der Waals surface area contributed by atoms with Crippen molar-refractivity contribution < 1.29 is 18.0 Å². The Balaban J connectivity index is 1.45. The molecule has 0 aliphatic rings. The first-order chi connectivity index (χ1) is 14.9. The Kier molecular flexibility index (Phi) is 7.55. The second-order valence-corrected chi connectivity index (χ2v) is 9.03. The normalized spacial score (nSPS) is 11.1. The summed E-state index contributed by atoms with van der Waals surface area (Å²) in [5.41, 5.74) is 0.910. The molecule has 1 heterocycles. The zero-order chi connectivity index (χ0) is 22.1. The van der Waals surface area contributed by atoms with Crippen LogP contribution in [-0.2, 0) is 21.2 Å². The lowest BCUT2D eigenvalue weighted by Crippen LogP contribution is -2.26. The van der Waals surface area contributed by atoms with Gasteiger partial charge in [0.15, 0.2) is 9.84 Å². The number of aryl methyl sites for hydroxylation is 1. The molecule has 8 nitrogen and oxygen atoms in total. The summed E-state index contributed by atoms with van der Waals surface area (Å²) >= 11 is 0. The fraction of sp³-hybridized carbons (Fsp3) is 0.227. The van der Waals surface area contributed by atoms with E-state index < -0.39 is 9.84 Å². The molecule has 2 aromatic carbocycles. The molecule has 1 aromatic heterocycles. The first kappa shape index (κ1) is 22.2. The molecular formula is C22H24N4O4S. The van der Waals surface area contributed by atoms with E-state index in [9.17, 15) is 18.0 Å². The average molecular weight is 441 g/mol. The number of imidazole rings is 1. The topological polar surface area (TPSA) is 110 Å². The Labute approximate surface area is 181 Å². The molecule has 0 unspecified atom stereocenters. The van der Waals surface area contributed by atoms with E-state index >= 15 is 0 Å². The van der Waals surface area contributed by atoms with Crippen molar-refractivity contribution in [2.24, 2.45) is 0 Å². The molecule has 0 bridgehead atoms. The molecule has 0 radical (unpaired) electrons. The molecule has 31 heavy (non-hydrogen) atoms. The van der Waals surface area contributed by atoms with Crippen molar-refractivity contribution in [3.05, 3.63) is 78.9 Å². The standard InChI is InChI=1S/C22H24N4O4S/c27-21(10-13-26-14-12-23-17-26)25-19-7-4-6-18(16-19)22(28)24-11-5-15-31(29,30)20-8-2-1-3-9-20/h1-4,6-9,12,14,16-17H,5,10-11,13,15H2,(H,24,28)(H,25,27). The molecule has 0 saturated heterocycles. The monoisotopic (exact) mass is 440 g/mol. The van der Waals surface area contributed by atoms with Crippen LogP contribution in [0.4, 0.5) is 5.69 Å². The molecule has 0 saturated carbocycles. The molecule has 9 heteroatoms. The molecule has 3 rings (SSSR count). The number of nitrogens with zero attached hydrogens (tertiary/aromatic N) is 2. The van der Waals surface area contributed by atoms with Crippen LogP contribution in [0, 0.1) is 0 Å². The highest BCUT2D eigenvalue weighted by atomic mass is 32.2. The summed E-state index contributed by atoms with van der Waals surface area (Å²) < 4.78 is 26.3. The van der Waals surface area contributed by atoms with Gasteiger partial charge in [-0.15, -0.1) is 0 Å². The lowest BCUT2D eigenvalue weighted by atomic mass is 10.2. The summed E-state index contributed by atoms with van der Waals surface area (Å²) in [7, 11) is -3.37. The zero-order valence-electron chi connectivity index (χ0n) is 16.9. The molecule has 0 spiro atoms. The van der Waals surface area contributed by atoms with Gasteiger partial charge in [0.05, 0.1) is 17.0 Å². The number of hydrogen-bond acceptors (Lipinski definition) is 5. The average Bonchev–Trinajstić information content (AvgIpc) is 3.30. The maximum Gasteiger partial charge on any atom is 0.251 e. The van der Waals surface area contributed by atoms with Crippen molar-refractivity contribution in [2.45, 2.75) is 24.3 Å². The van der Waals surface area contributed by atoms with Crippen LogP contribution in [0.5, 0.6) is 0 Å². The molecule has 2 amide bonds. The van der Waals surface area contributed by atoms with Gasteiger partial charge in [-0.3, -0.25) is 9.59 Å². The minimum Gasteiger partial charge on any atom is -0.352 e. The van der Waals surface area contributed by atoms with E-state index in [4.69, 9.17) is 0 Å². The van der Waals surface area contributed by atoms with E-state index in [1.807, 2.05) is 0 Å². The van der Waals surface area contributed by atoms with Crippen LogP contribution in [0.25, 0.3) is 0 Å². The lowest BCUT2D eigenvalue weighted by Gasteiger charge is -2.09. The van der Waals surface area contributed by atoms with E-state index in [-0.39, 0.29) is 35.4 Å². The number of anilines is 1. The van der Waals surface area contributed by atoms with Crippen LogP contribution in [0.1, 0.15) is 23.2 Å². The first-order valence-corrected chi connectivity index (χ1v) is 11.5. The van der Waals surface area contributed by atoms with E-state index in [0.717, 1.165) is 0 Å². The molecule has 0 fully saturated rings. The third kappa shape index (κ3) is 6.78. The van der Waals surface area contributed by atoms with Crippen LogP contribution < -0.4 is 10.6 Å². The molecular weight excluding hydrogens is 416 g/mol. The van der Waals surface area contributed by atoms with Gasteiger partial charge in [0.2, 0.25) is 5.91 Å². The Morgan fingerprint density at radius 3 is 2.58 bits per heavy atom. The molecule has 0 aliphatic heterocycles. The molecule has 3 aromatic rings. The van der Waals surface area contributed by atoms with E-state index in [1.165, 1.54) is 0 Å². The van der Waals surface area contributed by atoms with Crippen molar-refractivity contribution in [3.63, 3.8) is 0 Å². The molecule has 2 N–H and O–H groups in total. The van der Waals surface area contributed by atoms with Gasteiger partial charge in [-0.1, -0.05) is 24.3 Å². The second-order valence-electron chi connectivity index (χ2n) is 6.92.